The summed E-state index contributed by atoms with van der Waals surface area (Å²) in [6.45, 7) is 3.48. The van der Waals surface area contributed by atoms with Gasteiger partial charge in [-0.05, 0) is 24.6 Å². The fourth-order valence-corrected chi connectivity index (χ4v) is 1.25. The average Bonchev–Trinajstić information content (AvgIpc) is 2.22. The number of carbonyl (C=O) groups excluding carboxylic acids is 2. The van der Waals surface area contributed by atoms with Gasteiger partial charge in [0.05, 0.1) is 0 Å². The Bertz CT molecular complexity index is 402. The highest BCUT2D eigenvalue weighted by molar-refractivity contribution is 6.40. The van der Waals surface area contributed by atoms with Gasteiger partial charge >= 0.3 is 0 Å². The lowest BCUT2D eigenvalue weighted by molar-refractivity contribution is -0.134. The van der Waals surface area contributed by atoms with E-state index in [2.05, 4.69) is 5.32 Å². The minimum Gasteiger partial charge on any atom is -0.319 e. The van der Waals surface area contributed by atoms with Gasteiger partial charge in [0, 0.05) is 17.1 Å². The van der Waals surface area contributed by atoms with Crippen molar-refractivity contribution in [1.29, 1.82) is 0 Å². The van der Waals surface area contributed by atoms with Crippen molar-refractivity contribution in [1.82, 2.24) is 0 Å². The molecule has 0 bridgehead atoms. The van der Waals surface area contributed by atoms with Crippen molar-refractivity contribution in [2.24, 2.45) is 0 Å². The molecule has 0 atom stereocenters. The van der Waals surface area contributed by atoms with E-state index in [1.807, 2.05) is 6.92 Å². The molecule has 3 nitrogen and oxygen atoms in total. The zero-order valence-electron chi connectivity index (χ0n) is 8.63. The van der Waals surface area contributed by atoms with Crippen molar-refractivity contribution in [2.45, 2.75) is 20.3 Å². The van der Waals surface area contributed by atoms with Gasteiger partial charge in [0.1, 0.15) is 0 Å². The molecule has 0 unspecified atom stereocenters. The first-order chi connectivity index (χ1) is 7.04. The SMILES string of the molecule is CCC(=O)C(=O)Nc1cc(Cl)ccc1C. The number of hydrogen-bond donors (Lipinski definition) is 1. The third-order valence-corrected chi connectivity index (χ3v) is 2.26. The van der Waals surface area contributed by atoms with Crippen LogP contribution in [0, 0.1) is 6.92 Å². The lowest BCUT2D eigenvalue weighted by atomic mass is 10.2. The van der Waals surface area contributed by atoms with E-state index in [0.29, 0.717) is 10.7 Å². The highest BCUT2D eigenvalue weighted by Crippen LogP contribution is 2.20. The van der Waals surface area contributed by atoms with Crippen LogP contribution in [-0.4, -0.2) is 11.7 Å². The maximum Gasteiger partial charge on any atom is 0.291 e. The summed E-state index contributed by atoms with van der Waals surface area (Å²) in [6, 6.07) is 5.14. The van der Waals surface area contributed by atoms with Crippen molar-refractivity contribution in [3.63, 3.8) is 0 Å². The molecular formula is C11H12ClNO2. The number of carbonyl (C=O) groups is 2. The Hall–Kier alpha value is -1.35. The van der Waals surface area contributed by atoms with Crippen LogP contribution in [0.2, 0.25) is 5.02 Å². The van der Waals surface area contributed by atoms with Gasteiger partial charge in [-0.1, -0.05) is 24.6 Å². The van der Waals surface area contributed by atoms with Gasteiger partial charge in [-0.2, -0.15) is 0 Å². The molecule has 0 aliphatic carbocycles. The Morgan fingerprint density at radius 3 is 2.67 bits per heavy atom. The predicted molar refractivity (Wildman–Crippen MR) is 60.1 cm³/mol. The molecule has 15 heavy (non-hydrogen) atoms. The van der Waals surface area contributed by atoms with E-state index in [1.54, 1.807) is 25.1 Å². The number of benzene rings is 1. The molecule has 1 rings (SSSR count). The first kappa shape index (κ1) is 11.7. The molecule has 0 saturated carbocycles. The number of halogens is 1. The zero-order valence-corrected chi connectivity index (χ0v) is 9.39. The third kappa shape index (κ3) is 3.06. The van der Waals surface area contributed by atoms with Crippen LogP contribution in [0.5, 0.6) is 0 Å². The summed E-state index contributed by atoms with van der Waals surface area (Å²) in [5.41, 5.74) is 1.45. The number of aryl methyl sites for hydroxylation is 1. The van der Waals surface area contributed by atoms with Crippen LogP contribution in [0.3, 0.4) is 0 Å². The number of ketones is 1. The predicted octanol–water partition coefficient (Wildman–Crippen LogP) is 2.57. The highest BCUT2D eigenvalue weighted by atomic mass is 35.5. The molecule has 1 aromatic carbocycles. The molecule has 0 heterocycles. The second-order valence-electron chi connectivity index (χ2n) is 3.19. The Morgan fingerprint density at radius 2 is 2.07 bits per heavy atom. The lowest BCUT2D eigenvalue weighted by Crippen LogP contribution is -2.22. The van der Waals surface area contributed by atoms with Gasteiger partial charge < -0.3 is 5.32 Å². The number of nitrogens with one attached hydrogen (secondary N) is 1. The van der Waals surface area contributed by atoms with Crippen LogP contribution in [0.15, 0.2) is 18.2 Å². The molecule has 1 aromatic rings. The third-order valence-electron chi connectivity index (χ3n) is 2.02. The monoisotopic (exact) mass is 225 g/mol. The second kappa shape index (κ2) is 4.94. The number of amides is 1. The summed E-state index contributed by atoms with van der Waals surface area (Å²) in [5, 5.41) is 3.06. The fourth-order valence-electron chi connectivity index (χ4n) is 1.08. The van der Waals surface area contributed by atoms with E-state index in [1.165, 1.54) is 0 Å². The van der Waals surface area contributed by atoms with E-state index in [4.69, 9.17) is 11.6 Å². The molecule has 1 N–H and O–H groups in total. The highest BCUT2D eigenvalue weighted by Gasteiger charge is 2.12. The van der Waals surface area contributed by atoms with Gasteiger partial charge in [0.25, 0.3) is 5.91 Å². The first-order valence-corrected chi connectivity index (χ1v) is 5.02. The van der Waals surface area contributed by atoms with Crippen LogP contribution in [0.4, 0.5) is 5.69 Å². The Morgan fingerprint density at radius 1 is 1.40 bits per heavy atom. The summed E-state index contributed by atoms with van der Waals surface area (Å²) in [7, 11) is 0. The van der Waals surface area contributed by atoms with E-state index >= 15 is 0 Å². The van der Waals surface area contributed by atoms with Crippen LogP contribution < -0.4 is 5.32 Å². The van der Waals surface area contributed by atoms with Crippen molar-refractivity contribution >= 4 is 29.0 Å². The fraction of sp³-hybridized carbons (Fsp3) is 0.273. The number of hydrogen-bond acceptors (Lipinski definition) is 2. The van der Waals surface area contributed by atoms with Gasteiger partial charge in [-0.25, -0.2) is 0 Å². The summed E-state index contributed by atoms with van der Waals surface area (Å²) >= 11 is 5.78. The first-order valence-electron chi connectivity index (χ1n) is 4.65. The van der Waals surface area contributed by atoms with Crippen LogP contribution in [0.1, 0.15) is 18.9 Å². The number of Topliss-reactive ketones (excluding diaryl/α,β-unsaturated/α-hetero) is 1. The van der Waals surface area contributed by atoms with Gasteiger partial charge in [-0.3, -0.25) is 9.59 Å². The van der Waals surface area contributed by atoms with Gasteiger partial charge in [0.15, 0.2) is 0 Å². The lowest BCUT2D eigenvalue weighted by Gasteiger charge is -2.07. The van der Waals surface area contributed by atoms with Crippen molar-refractivity contribution < 1.29 is 9.59 Å². The molecule has 0 saturated heterocycles. The van der Waals surface area contributed by atoms with Crippen LogP contribution in [-0.2, 0) is 9.59 Å². The maximum atomic E-state index is 11.3. The van der Waals surface area contributed by atoms with Crippen LogP contribution >= 0.6 is 11.6 Å². The Balaban J connectivity index is 2.85. The maximum absolute atomic E-state index is 11.3. The quantitative estimate of drug-likeness (QED) is 0.804. The molecular weight excluding hydrogens is 214 g/mol. The van der Waals surface area contributed by atoms with E-state index < -0.39 is 11.7 Å². The van der Waals surface area contributed by atoms with Crippen molar-refractivity contribution in [2.75, 3.05) is 5.32 Å². The molecule has 0 radical (unpaired) electrons. The topological polar surface area (TPSA) is 46.2 Å². The molecule has 4 heteroatoms. The average molecular weight is 226 g/mol. The summed E-state index contributed by atoms with van der Waals surface area (Å²) < 4.78 is 0. The van der Waals surface area contributed by atoms with Crippen molar-refractivity contribution in [3.05, 3.63) is 28.8 Å². The molecule has 0 aliphatic rings. The largest absolute Gasteiger partial charge is 0.319 e. The van der Waals surface area contributed by atoms with E-state index in [-0.39, 0.29) is 6.42 Å². The second-order valence-corrected chi connectivity index (χ2v) is 3.63. The van der Waals surface area contributed by atoms with Crippen molar-refractivity contribution in [3.8, 4) is 0 Å². The Labute approximate surface area is 93.4 Å². The normalized spacial score (nSPS) is 9.80. The molecule has 0 fully saturated rings. The molecule has 0 spiro atoms. The van der Waals surface area contributed by atoms with E-state index in [9.17, 15) is 9.59 Å². The smallest absolute Gasteiger partial charge is 0.291 e. The minimum absolute atomic E-state index is 0.200. The standard InChI is InChI=1S/C11H12ClNO2/c1-3-10(14)11(15)13-9-6-8(12)5-4-7(9)2/h4-6H,3H2,1-2H3,(H,13,15). The molecule has 0 aromatic heterocycles. The Kier molecular flexibility index (Phi) is 3.86. The van der Waals surface area contributed by atoms with Gasteiger partial charge in [0.2, 0.25) is 5.78 Å². The number of rotatable bonds is 3. The summed E-state index contributed by atoms with van der Waals surface area (Å²) in [4.78, 5) is 22.4. The van der Waals surface area contributed by atoms with Gasteiger partial charge in [-0.15, -0.1) is 0 Å². The minimum atomic E-state index is -0.595. The molecule has 80 valence electrons. The zero-order chi connectivity index (χ0) is 11.4. The molecule has 0 aliphatic heterocycles. The molecule has 1 amide bonds. The van der Waals surface area contributed by atoms with Crippen LogP contribution in [0.25, 0.3) is 0 Å². The number of anilines is 1. The summed E-state index contributed by atoms with van der Waals surface area (Å²) in [6.07, 6.45) is 0.200. The van der Waals surface area contributed by atoms with E-state index in [0.717, 1.165) is 5.56 Å². The summed E-state index contributed by atoms with van der Waals surface area (Å²) in [5.74, 6) is -1.03.